The molecule has 0 spiro atoms. The lowest BCUT2D eigenvalue weighted by Gasteiger charge is -2.38. The zero-order valence-corrected chi connectivity index (χ0v) is 14.0. The molecule has 0 aliphatic heterocycles. The lowest BCUT2D eigenvalue weighted by Crippen LogP contribution is -2.43. The number of para-hydroxylation sites is 1. The standard InChI is InChI=1S/C19H25NO2/c1-5-13-8-6-7-9-14(13)20-16(22)19-11-10-18(4,15(21)12-19)17(19,2)3/h6-9H,5,10-12H2,1-4H3,(H,20,22). The molecule has 2 fully saturated rings. The number of aryl methyl sites for hydroxylation is 1. The molecule has 2 unspecified atom stereocenters. The quantitative estimate of drug-likeness (QED) is 0.918. The molecule has 3 heteroatoms. The Labute approximate surface area is 132 Å². The number of amides is 1. The summed E-state index contributed by atoms with van der Waals surface area (Å²) in [6.45, 7) is 8.31. The van der Waals surface area contributed by atoms with Crippen LogP contribution in [0.1, 0.15) is 52.5 Å². The van der Waals surface area contributed by atoms with Crippen LogP contribution in [0.2, 0.25) is 0 Å². The van der Waals surface area contributed by atoms with Crippen molar-refractivity contribution in [1.29, 1.82) is 0 Å². The highest BCUT2D eigenvalue weighted by Crippen LogP contribution is 2.70. The van der Waals surface area contributed by atoms with Crippen LogP contribution in [0.25, 0.3) is 0 Å². The van der Waals surface area contributed by atoms with Gasteiger partial charge in [0.05, 0.1) is 5.41 Å². The van der Waals surface area contributed by atoms with Gasteiger partial charge in [0.25, 0.3) is 0 Å². The first kappa shape index (κ1) is 15.3. The Bertz CT molecular complexity index is 649. The molecule has 2 bridgehead atoms. The number of carbonyl (C=O) groups excluding carboxylic acids is 2. The van der Waals surface area contributed by atoms with E-state index in [1.165, 1.54) is 0 Å². The van der Waals surface area contributed by atoms with Crippen LogP contribution in [0, 0.1) is 16.2 Å². The van der Waals surface area contributed by atoms with Gasteiger partial charge in [0.1, 0.15) is 5.78 Å². The van der Waals surface area contributed by atoms with Crippen molar-refractivity contribution in [3.63, 3.8) is 0 Å². The van der Waals surface area contributed by atoms with E-state index in [-0.39, 0.29) is 22.5 Å². The van der Waals surface area contributed by atoms with Crippen LogP contribution in [0.4, 0.5) is 5.69 Å². The lowest BCUT2D eigenvalue weighted by molar-refractivity contribution is -0.131. The summed E-state index contributed by atoms with van der Waals surface area (Å²) in [5.74, 6) is 0.274. The molecule has 2 aliphatic carbocycles. The molecule has 0 radical (unpaired) electrons. The molecule has 2 aliphatic rings. The third kappa shape index (κ3) is 1.68. The fourth-order valence-electron chi connectivity index (χ4n) is 4.55. The van der Waals surface area contributed by atoms with Gasteiger partial charge in [0, 0.05) is 17.5 Å². The number of nitrogens with one attached hydrogen (secondary N) is 1. The van der Waals surface area contributed by atoms with Crippen LogP contribution in [0.15, 0.2) is 24.3 Å². The first-order valence-corrected chi connectivity index (χ1v) is 8.21. The van der Waals surface area contributed by atoms with Gasteiger partial charge in [-0.05, 0) is 36.3 Å². The molecule has 22 heavy (non-hydrogen) atoms. The Morgan fingerprint density at radius 1 is 1.18 bits per heavy atom. The largest absolute Gasteiger partial charge is 0.325 e. The van der Waals surface area contributed by atoms with Crippen molar-refractivity contribution in [2.45, 2.75) is 53.4 Å². The fourth-order valence-corrected chi connectivity index (χ4v) is 4.55. The maximum Gasteiger partial charge on any atom is 0.231 e. The van der Waals surface area contributed by atoms with E-state index in [0.29, 0.717) is 6.42 Å². The van der Waals surface area contributed by atoms with Crippen molar-refractivity contribution >= 4 is 17.4 Å². The fraction of sp³-hybridized carbons (Fsp3) is 0.579. The Morgan fingerprint density at radius 3 is 2.41 bits per heavy atom. The molecule has 0 saturated heterocycles. The smallest absolute Gasteiger partial charge is 0.231 e. The van der Waals surface area contributed by atoms with E-state index in [0.717, 1.165) is 30.5 Å². The second-order valence-electron chi connectivity index (χ2n) is 7.60. The number of carbonyl (C=O) groups is 2. The van der Waals surface area contributed by atoms with Gasteiger partial charge in [0.15, 0.2) is 0 Å². The van der Waals surface area contributed by atoms with E-state index in [9.17, 15) is 9.59 Å². The Balaban J connectivity index is 1.95. The van der Waals surface area contributed by atoms with E-state index in [4.69, 9.17) is 0 Å². The van der Waals surface area contributed by atoms with E-state index >= 15 is 0 Å². The summed E-state index contributed by atoms with van der Waals surface area (Å²) in [6.07, 6.45) is 2.89. The van der Waals surface area contributed by atoms with Crippen molar-refractivity contribution in [2.75, 3.05) is 5.32 Å². The molecule has 1 aromatic carbocycles. The van der Waals surface area contributed by atoms with E-state index < -0.39 is 5.41 Å². The maximum atomic E-state index is 13.1. The normalized spacial score (nSPS) is 32.3. The molecular formula is C19H25NO2. The van der Waals surface area contributed by atoms with Crippen LogP contribution >= 0.6 is 0 Å². The zero-order valence-electron chi connectivity index (χ0n) is 14.0. The summed E-state index contributed by atoms with van der Waals surface area (Å²) in [5.41, 5.74) is 0.819. The Hall–Kier alpha value is -1.64. The minimum Gasteiger partial charge on any atom is -0.325 e. The lowest BCUT2D eigenvalue weighted by atomic mass is 9.64. The second-order valence-corrected chi connectivity index (χ2v) is 7.60. The predicted octanol–water partition coefficient (Wildman–Crippen LogP) is 3.97. The zero-order chi connectivity index (χ0) is 16.2. The number of ketones is 1. The number of Topliss-reactive ketones (excluding diaryl/α,β-unsaturated/α-hetero) is 1. The molecule has 1 N–H and O–H groups in total. The van der Waals surface area contributed by atoms with Crippen LogP contribution in [-0.2, 0) is 16.0 Å². The third-order valence-electron chi connectivity index (χ3n) is 6.79. The topological polar surface area (TPSA) is 46.2 Å². The Morgan fingerprint density at radius 2 is 1.86 bits per heavy atom. The first-order valence-electron chi connectivity index (χ1n) is 8.21. The van der Waals surface area contributed by atoms with E-state index in [1.807, 2.05) is 31.2 Å². The predicted molar refractivity (Wildman–Crippen MR) is 87.6 cm³/mol. The average molecular weight is 299 g/mol. The summed E-state index contributed by atoms with van der Waals surface area (Å²) >= 11 is 0. The molecule has 3 nitrogen and oxygen atoms in total. The van der Waals surface area contributed by atoms with Crippen LogP contribution in [0.5, 0.6) is 0 Å². The average Bonchev–Trinajstić information content (AvgIpc) is 2.78. The number of rotatable bonds is 3. The summed E-state index contributed by atoms with van der Waals surface area (Å²) < 4.78 is 0. The van der Waals surface area contributed by atoms with Gasteiger partial charge < -0.3 is 5.32 Å². The molecule has 1 aromatic rings. The van der Waals surface area contributed by atoms with Crippen molar-refractivity contribution in [3.8, 4) is 0 Å². The van der Waals surface area contributed by atoms with Gasteiger partial charge in [-0.3, -0.25) is 9.59 Å². The van der Waals surface area contributed by atoms with Gasteiger partial charge in [-0.25, -0.2) is 0 Å². The monoisotopic (exact) mass is 299 g/mol. The minimum absolute atomic E-state index is 0.0213. The van der Waals surface area contributed by atoms with Crippen molar-refractivity contribution in [1.82, 2.24) is 0 Å². The number of hydrogen-bond acceptors (Lipinski definition) is 2. The molecule has 118 valence electrons. The van der Waals surface area contributed by atoms with Gasteiger partial charge in [0.2, 0.25) is 5.91 Å². The molecule has 2 atom stereocenters. The molecule has 3 rings (SSSR count). The molecule has 0 aromatic heterocycles. The highest BCUT2D eigenvalue weighted by atomic mass is 16.2. The SMILES string of the molecule is CCc1ccccc1NC(=O)C12CCC(C)(C(=O)C1)C2(C)C. The highest BCUT2D eigenvalue weighted by Gasteiger charge is 2.72. The number of benzene rings is 1. The number of anilines is 1. The van der Waals surface area contributed by atoms with Crippen molar-refractivity contribution in [3.05, 3.63) is 29.8 Å². The van der Waals surface area contributed by atoms with Gasteiger partial charge >= 0.3 is 0 Å². The third-order valence-corrected chi connectivity index (χ3v) is 6.79. The van der Waals surface area contributed by atoms with Crippen molar-refractivity contribution < 1.29 is 9.59 Å². The summed E-state index contributed by atoms with van der Waals surface area (Å²) in [4.78, 5) is 25.6. The van der Waals surface area contributed by atoms with Gasteiger partial charge in [-0.2, -0.15) is 0 Å². The van der Waals surface area contributed by atoms with Gasteiger partial charge in [-0.1, -0.05) is 45.9 Å². The molecule has 0 heterocycles. The number of fused-ring (bicyclic) bond motifs is 2. The van der Waals surface area contributed by atoms with Crippen LogP contribution < -0.4 is 5.32 Å². The number of hydrogen-bond donors (Lipinski definition) is 1. The second kappa shape index (κ2) is 4.68. The molecular weight excluding hydrogens is 274 g/mol. The summed E-state index contributed by atoms with van der Waals surface area (Å²) in [5, 5.41) is 3.12. The maximum absolute atomic E-state index is 13.1. The minimum atomic E-state index is -0.556. The van der Waals surface area contributed by atoms with Gasteiger partial charge in [-0.15, -0.1) is 0 Å². The molecule has 1 amide bonds. The van der Waals surface area contributed by atoms with Crippen LogP contribution in [0.3, 0.4) is 0 Å². The van der Waals surface area contributed by atoms with E-state index in [1.54, 1.807) is 0 Å². The Kier molecular flexibility index (Phi) is 3.24. The first-order chi connectivity index (χ1) is 10.3. The van der Waals surface area contributed by atoms with Crippen molar-refractivity contribution in [2.24, 2.45) is 16.2 Å². The van der Waals surface area contributed by atoms with Crippen LogP contribution in [-0.4, -0.2) is 11.7 Å². The van der Waals surface area contributed by atoms with E-state index in [2.05, 4.69) is 26.1 Å². The molecule has 2 saturated carbocycles. The summed E-state index contributed by atoms with van der Waals surface area (Å²) in [6, 6.07) is 7.92. The summed E-state index contributed by atoms with van der Waals surface area (Å²) in [7, 11) is 0. The highest BCUT2D eigenvalue weighted by molar-refractivity contribution is 6.04.